The Hall–Kier alpha value is -2.08. The molecule has 6 heteroatoms. The van der Waals surface area contributed by atoms with Gasteiger partial charge in [-0.15, -0.1) is 10.2 Å². The zero-order chi connectivity index (χ0) is 15.8. The van der Waals surface area contributed by atoms with Crippen LogP contribution in [0.3, 0.4) is 0 Å². The van der Waals surface area contributed by atoms with Crippen LogP contribution in [-0.4, -0.2) is 43.7 Å². The van der Waals surface area contributed by atoms with Gasteiger partial charge in [-0.25, -0.2) is 0 Å². The minimum Gasteiger partial charge on any atom is -0.342 e. The molecule has 2 aromatic heterocycles. The molecule has 0 saturated carbocycles. The SMILES string of the molecule is C[C@H](Sc1nnc2ccc3ccccc3n12)C(=O)N1CCCC1. The Balaban J connectivity index is 1.68. The third-order valence-corrected chi connectivity index (χ3v) is 5.33. The Kier molecular flexibility index (Phi) is 3.69. The first kappa shape index (κ1) is 14.5. The minimum atomic E-state index is -0.153. The van der Waals surface area contributed by atoms with E-state index in [1.165, 1.54) is 11.8 Å². The summed E-state index contributed by atoms with van der Waals surface area (Å²) in [5.41, 5.74) is 1.88. The fraction of sp³-hybridized carbons (Fsp3) is 0.353. The standard InChI is InChI=1S/C17H18N4OS/c1-12(16(22)20-10-4-5-11-20)23-17-19-18-15-9-8-13-6-2-3-7-14(13)21(15)17/h2-3,6-9,12H,4-5,10-11H2,1H3/t12-/m0/s1. The average molecular weight is 326 g/mol. The van der Waals surface area contributed by atoms with Gasteiger partial charge < -0.3 is 4.90 Å². The fourth-order valence-electron chi connectivity index (χ4n) is 3.09. The molecule has 3 heterocycles. The molecule has 1 saturated heterocycles. The van der Waals surface area contributed by atoms with Gasteiger partial charge in [0.2, 0.25) is 5.91 Å². The maximum absolute atomic E-state index is 12.5. The van der Waals surface area contributed by atoms with Crippen molar-refractivity contribution >= 4 is 34.2 Å². The van der Waals surface area contributed by atoms with Crippen molar-refractivity contribution in [3.8, 4) is 0 Å². The van der Waals surface area contributed by atoms with Crippen molar-refractivity contribution in [3.05, 3.63) is 36.4 Å². The van der Waals surface area contributed by atoms with Crippen LogP contribution >= 0.6 is 11.8 Å². The highest BCUT2D eigenvalue weighted by atomic mass is 32.2. The predicted octanol–water partition coefficient (Wildman–Crippen LogP) is 2.99. The van der Waals surface area contributed by atoms with Gasteiger partial charge in [0, 0.05) is 13.1 Å². The molecule has 0 spiro atoms. The lowest BCUT2D eigenvalue weighted by molar-refractivity contribution is -0.129. The molecule has 1 aromatic carbocycles. The summed E-state index contributed by atoms with van der Waals surface area (Å²) < 4.78 is 2.04. The number of fused-ring (bicyclic) bond motifs is 3. The van der Waals surface area contributed by atoms with Crippen LogP contribution in [0.2, 0.25) is 0 Å². The zero-order valence-corrected chi connectivity index (χ0v) is 13.8. The molecule has 118 valence electrons. The highest BCUT2D eigenvalue weighted by Crippen LogP contribution is 2.27. The van der Waals surface area contributed by atoms with Crippen LogP contribution in [0.4, 0.5) is 0 Å². The molecule has 1 aliphatic rings. The van der Waals surface area contributed by atoms with E-state index in [4.69, 9.17) is 0 Å². The van der Waals surface area contributed by atoms with E-state index in [0.29, 0.717) is 0 Å². The van der Waals surface area contributed by atoms with Crippen molar-refractivity contribution in [3.63, 3.8) is 0 Å². The van der Waals surface area contributed by atoms with E-state index in [9.17, 15) is 4.79 Å². The van der Waals surface area contributed by atoms with Crippen molar-refractivity contribution in [2.24, 2.45) is 0 Å². The number of rotatable bonds is 3. The van der Waals surface area contributed by atoms with Gasteiger partial charge in [-0.2, -0.15) is 0 Å². The van der Waals surface area contributed by atoms with E-state index in [-0.39, 0.29) is 11.2 Å². The van der Waals surface area contributed by atoms with Gasteiger partial charge in [0.1, 0.15) is 0 Å². The molecule has 1 aliphatic heterocycles. The topological polar surface area (TPSA) is 50.5 Å². The Morgan fingerprint density at radius 1 is 1.13 bits per heavy atom. The van der Waals surface area contributed by atoms with Gasteiger partial charge in [0.05, 0.1) is 10.8 Å². The molecular weight excluding hydrogens is 308 g/mol. The molecule has 0 aliphatic carbocycles. The van der Waals surface area contributed by atoms with Crippen LogP contribution in [0.1, 0.15) is 19.8 Å². The second-order valence-corrected chi connectivity index (χ2v) is 7.17. The lowest BCUT2D eigenvalue weighted by Gasteiger charge is -2.19. The molecule has 0 N–H and O–H groups in total. The Labute approximate surface area is 138 Å². The van der Waals surface area contributed by atoms with Crippen LogP contribution in [0.25, 0.3) is 16.6 Å². The summed E-state index contributed by atoms with van der Waals surface area (Å²) in [6.45, 7) is 3.72. The summed E-state index contributed by atoms with van der Waals surface area (Å²) in [6.07, 6.45) is 2.23. The van der Waals surface area contributed by atoms with E-state index in [2.05, 4.69) is 22.3 Å². The molecule has 0 radical (unpaired) electrons. The fourth-order valence-corrected chi connectivity index (χ4v) is 4.04. The molecule has 1 atom stereocenters. The first-order valence-electron chi connectivity index (χ1n) is 7.92. The number of thioether (sulfide) groups is 1. The molecule has 5 nitrogen and oxygen atoms in total. The van der Waals surface area contributed by atoms with Crippen LogP contribution in [0.5, 0.6) is 0 Å². The summed E-state index contributed by atoms with van der Waals surface area (Å²) >= 11 is 1.49. The maximum Gasteiger partial charge on any atom is 0.235 e. The zero-order valence-electron chi connectivity index (χ0n) is 13.0. The third-order valence-electron chi connectivity index (χ3n) is 4.30. The van der Waals surface area contributed by atoms with Gasteiger partial charge in [-0.3, -0.25) is 9.20 Å². The Bertz CT molecular complexity index is 869. The van der Waals surface area contributed by atoms with Crippen LogP contribution < -0.4 is 0 Å². The molecule has 0 unspecified atom stereocenters. The first-order valence-corrected chi connectivity index (χ1v) is 8.80. The number of carbonyl (C=O) groups excluding carboxylic acids is 1. The van der Waals surface area contributed by atoms with Crippen LogP contribution in [0.15, 0.2) is 41.6 Å². The Morgan fingerprint density at radius 3 is 2.74 bits per heavy atom. The summed E-state index contributed by atoms with van der Waals surface area (Å²) in [5, 5.41) is 10.3. The molecule has 23 heavy (non-hydrogen) atoms. The lowest BCUT2D eigenvalue weighted by Crippen LogP contribution is -2.34. The van der Waals surface area contributed by atoms with E-state index < -0.39 is 0 Å². The number of hydrogen-bond acceptors (Lipinski definition) is 4. The van der Waals surface area contributed by atoms with E-state index in [0.717, 1.165) is 47.6 Å². The second-order valence-electron chi connectivity index (χ2n) is 5.86. The molecule has 4 rings (SSSR count). The number of likely N-dealkylation sites (tertiary alicyclic amines) is 1. The maximum atomic E-state index is 12.5. The van der Waals surface area contributed by atoms with Gasteiger partial charge >= 0.3 is 0 Å². The third kappa shape index (κ3) is 2.57. The smallest absolute Gasteiger partial charge is 0.235 e. The number of para-hydroxylation sites is 1. The number of benzene rings is 1. The minimum absolute atomic E-state index is 0.153. The number of pyridine rings is 1. The molecular formula is C17H18N4OS. The molecule has 3 aromatic rings. The van der Waals surface area contributed by atoms with Crippen molar-refractivity contribution in [1.82, 2.24) is 19.5 Å². The quantitative estimate of drug-likeness (QED) is 0.694. The summed E-state index contributed by atoms with van der Waals surface area (Å²) in [5.74, 6) is 0.199. The van der Waals surface area contributed by atoms with Gasteiger partial charge in [-0.1, -0.05) is 30.0 Å². The van der Waals surface area contributed by atoms with Crippen molar-refractivity contribution in [2.75, 3.05) is 13.1 Å². The van der Waals surface area contributed by atoms with Crippen LogP contribution in [0, 0.1) is 0 Å². The number of amides is 1. The summed E-state index contributed by atoms with van der Waals surface area (Å²) in [7, 11) is 0. The highest BCUT2D eigenvalue weighted by Gasteiger charge is 2.25. The first-order chi connectivity index (χ1) is 11.2. The van der Waals surface area contributed by atoms with E-state index in [1.807, 2.05) is 40.5 Å². The number of nitrogens with zero attached hydrogens (tertiary/aromatic N) is 4. The van der Waals surface area contributed by atoms with Gasteiger partial charge in [-0.05, 0) is 43.4 Å². The summed E-state index contributed by atoms with van der Waals surface area (Å²) in [6, 6.07) is 12.2. The second kappa shape index (κ2) is 5.85. The molecule has 0 bridgehead atoms. The highest BCUT2D eigenvalue weighted by molar-refractivity contribution is 8.00. The average Bonchev–Trinajstić information content (AvgIpc) is 3.24. The largest absolute Gasteiger partial charge is 0.342 e. The van der Waals surface area contributed by atoms with E-state index >= 15 is 0 Å². The normalized spacial score (nSPS) is 16.3. The number of hydrogen-bond donors (Lipinski definition) is 0. The monoisotopic (exact) mass is 326 g/mol. The number of carbonyl (C=O) groups is 1. The Morgan fingerprint density at radius 2 is 1.91 bits per heavy atom. The van der Waals surface area contributed by atoms with Crippen molar-refractivity contribution in [1.29, 1.82) is 0 Å². The predicted molar refractivity (Wildman–Crippen MR) is 91.6 cm³/mol. The van der Waals surface area contributed by atoms with Crippen molar-refractivity contribution < 1.29 is 4.79 Å². The van der Waals surface area contributed by atoms with E-state index in [1.54, 1.807) is 0 Å². The number of aromatic nitrogens is 3. The van der Waals surface area contributed by atoms with Crippen LogP contribution in [-0.2, 0) is 4.79 Å². The molecule has 1 amide bonds. The van der Waals surface area contributed by atoms with Gasteiger partial charge in [0.15, 0.2) is 10.8 Å². The summed E-state index contributed by atoms with van der Waals surface area (Å²) in [4.78, 5) is 14.5. The van der Waals surface area contributed by atoms with Crippen molar-refractivity contribution in [2.45, 2.75) is 30.2 Å². The van der Waals surface area contributed by atoms with Gasteiger partial charge in [0.25, 0.3) is 0 Å². The lowest BCUT2D eigenvalue weighted by atomic mass is 10.2. The molecule has 1 fully saturated rings.